The summed E-state index contributed by atoms with van der Waals surface area (Å²) in [6.07, 6.45) is 4.87. The monoisotopic (exact) mass is 307 g/mol. The van der Waals surface area contributed by atoms with Crippen LogP contribution in [0.15, 0.2) is 23.2 Å². The number of aliphatic hydroxyl groups is 1. The minimum atomic E-state index is -0.706. The summed E-state index contributed by atoms with van der Waals surface area (Å²) in [6, 6.07) is 5.42. The third-order valence-electron chi connectivity index (χ3n) is 3.98. The van der Waals surface area contributed by atoms with Crippen LogP contribution in [0.1, 0.15) is 32.1 Å². The summed E-state index contributed by atoms with van der Waals surface area (Å²) >= 11 is 0. The summed E-state index contributed by atoms with van der Waals surface area (Å²) in [5.41, 5.74) is 5.95. The van der Waals surface area contributed by atoms with E-state index in [1.54, 1.807) is 26.4 Å². The molecule has 0 atom stereocenters. The molecule has 1 fully saturated rings. The summed E-state index contributed by atoms with van der Waals surface area (Å²) in [6.45, 7) is 0.332. The summed E-state index contributed by atoms with van der Waals surface area (Å²) in [4.78, 5) is 4.27. The van der Waals surface area contributed by atoms with E-state index in [4.69, 9.17) is 15.2 Å². The fraction of sp³-hybridized carbons (Fsp3) is 0.562. The van der Waals surface area contributed by atoms with Crippen molar-refractivity contribution >= 4 is 11.6 Å². The lowest BCUT2D eigenvalue weighted by atomic mass is 9.85. The van der Waals surface area contributed by atoms with Gasteiger partial charge in [-0.2, -0.15) is 0 Å². The van der Waals surface area contributed by atoms with Crippen molar-refractivity contribution in [2.75, 3.05) is 26.1 Å². The summed E-state index contributed by atoms with van der Waals surface area (Å²) < 4.78 is 10.4. The molecule has 1 aromatic rings. The minimum Gasteiger partial charge on any atom is -0.493 e. The maximum absolute atomic E-state index is 10.4. The number of anilines is 1. The molecule has 2 rings (SSSR count). The van der Waals surface area contributed by atoms with Crippen LogP contribution in [-0.2, 0) is 0 Å². The highest BCUT2D eigenvalue weighted by Crippen LogP contribution is 2.30. The number of hydrogen-bond acceptors (Lipinski definition) is 4. The molecular formula is C16H25N3O3. The quantitative estimate of drug-likeness (QED) is 0.573. The van der Waals surface area contributed by atoms with E-state index in [0.717, 1.165) is 31.4 Å². The molecule has 0 unspecified atom stereocenters. The molecule has 1 aliphatic rings. The molecule has 6 heteroatoms. The maximum atomic E-state index is 10.4. The maximum Gasteiger partial charge on any atom is 0.193 e. The van der Waals surface area contributed by atoms with Gasteiger partial charge in [0.25, 0.3) is 0 Å². The molecule has 0 heterocycles. The van der Waals surface area contributed by atoms with Crippen molar-refractivity contribution in [3.63, 3.8) is 0 Å². The second-order valence-corrected chi connectivity index (χ2v) is 5.68. The van der Waals surface area contributed by atoms with Crippen LogP contribution in [0.3, 0.4) is 0 Å². The van der Waals surface area contributed by atoms with E-state index in [1.807, 2.05) is 6.07 Å². The number of nitrogens with one attached hydrogen (secondary N) is 1. The molecule has 0 saturated heterocycles. The van der Waals surface area contributed by atoms with Crippen LogP contribution in [0.4, 0.5) is 5.69 Å². The van der Waals surface area contributed by atoms with E-state index >= 15 is 0 Å². The molecule has 1 aromatic carbocycles. The molecule has 22 heavy (non-hydrogen) atoms. The van der Waals surface area contributed by atoms with Crippen molar-refractivity contribution in [2.24, 2.45) is 10.7 Å². The first kappa shape index (κ1) is 16.4. The molecule has 122 valence electrons. The van der Waals surface area contributed by atoms with Gasteiger partial charge in [-0.3, -0.25) is 4.99 Å². The minimum absolute atomic E-state index is 0.284. The number of hydrogen-bond donors (Lipinski definition) is 3. The Hall–Kier alpha value is -1.95. The van der Waals surface area contributed by atoms with Gasteiger partial charge in [-0.1, -0.05) is 19.3 Å². The summed E-state index contributed by atoms with van der Waals surface area (Å²) in [5, 5.41) is 13.4. The van der Waals surface area contributed by atoms with Gasteiger partial charge < -0.3 is 25.6 Å². The molecule has 0 radical (unpaired) electrons. The molecule has 0 aromatic heterocycles. The van der Waals surface area contributed by atoms with Crippen molar-refractivity contribution in [1.82, 2.24) is 0 Å². The Kier molecular flexibility index (Phi) is 5.49. The Labute approximate surface area is 131 Å². The first-order valence-electron chi connectivity index (χ1n) is 7.58. The van der Waals surface area contributed by atoms with Crippen LogP contribution in [0.25, 0.3) is 0 Å². The van der Waals surface area contributed by atoms with Crippen LogP contribution in [0.2, 0.25) is 0 Å². The lowest BCUT2D eigenvalue weighted by molar-refractivity contribution is 0.0132. The van der Waals surface area contributed by atoms with Crippen molar-refractivity contribution in [2.45, 2.75) is 37.7 Å². The number of nitrogens with two attached hydrogens (primary N) is 1. The molecule has 0 bridgehead atoms. The zero-order chi connectivity index (χ0) is 16.0. The van der Waals surface area contributed by atoms with Gasteiger partial charge >= 0.3 is 0 Å². The highest BCUT2D eigenvalue weighted by atomic mass is 16.5. The predicted octanol–water partition coefficient (Wildman–Crippen LogP) is 2.13. The van der Waals surface area contributed by atoms with E-state index in [-0.39, 0.29) is 5.96 Å². The lowest BCUT2D eigenvalue weighted by Gasteiger charge is -2.30. The second-order valence-electron chi connectivity index (χ2n) is 5.68. The van der Waals surface area contributed by atoms with Crippen LogP contribution < -0.4 is 20.5 Å². The van der Waals surface area contributed by atoms with E-state index in [0.29, 0.717) is 18.0 Å². The number of guanidine groups is 1. The van der Waals surface area contributed by atoms with E-state index < -0.39 is 5.60 Å². The van der Waals surface area contributed by atoms with Gasteiger partial charge in [0.1, 0.15) is 0 Å². The van der Waals surface area contributed by atoms with Crippen LogP contribution in [0, 0.1) is 0 Å². The molecule has 0 spiro atoms. The average Bonchev–Trinajstić information content (AvgIpc) is 2.53. The Morgan fingerprint density at radius 2 is 1.91 bits per heavy atom. The van der Waals surface area contributed by atoms with Gasteiger partial charge in [0.05, 0.1) is 26.4 Å². The second kappa shape index (κ2) is 7.35. The zero-order valence-electron chi connectivity index (χ0n) is 13.3. The van der Waals surface area contributed by atoms with Crippen LogP contribution in [0.5, 0.6) is 11.5 Å². The molecule has 1 saturated carbocycles. The number of methoxy groups -OCH3 is 2. The SMILES string of the molecule is COc1ccc(NC(N)=NCC2(O)CCCCC2)cc1OC. The van der Waals surface area contributed by atoms with E-state index in [9.17, 15) is 5.11 Å². The fourth-order valence-electron chi connectivity index (χ4n) is 2.70. The first-order chi connectivity index (χ1) is 10.6. The Morgan fingerprint density at radius 1 is 1.23 bits per heavy atom. The topological polar surface area (TPSA) is 89.1 Å². The molecule has 6 nitrogen and oxygen atoms in total. The molecule has 1 aliphatic carbocycles. The third kappa shape index (κ3) is 4.27. The number of ether oxygens (including phenoxy) is 2. The molecule has 0 amide bonds. The Bertz CT molecular complexity index is 525. The van der Waals surface area contributed by atoms with Gasteiger partial charge in [0.15, 0.2) is 17.5 Å². The van der Waals surface area contributed by atoms with Crippen molar-refractivity contribution in [3.05, 3.63) is 18.2 Å². The van der Waals surface area contributed by atoms with Gasteiger partial charge in [-0.05, 0) is 25.0 Å². The molecule has 4 N–H and O–H groups in total. The fourth-order valence-corrected chi connectivity index (χ4v) is 2.70. The van der Waals surface area contributed by atoms with Gasteiger partial charge in [-0.15, -0.1) is 0 Å². The number of benzene rings is 1. The van der Waals surface area contributed by atoms with Gasteiger partial charge in [-0.25, -0.2) is 0 Å². The Balaban J connectivity index is 1.98. The molecular weight excluding hydrogens is 282 g/mol. The summed E-state index contributed by atoms with van der Waals surface area (Å²) in [7, 11) is 3.17. The Morgan fingerprint density at radius 3 is 2.55 bits per heavy atom. The largest absolute Gasteiger partial charge is 0.493 e. The third-order valence-corrected chi connectivity index (χ3v) is 3.98. The van der Waals surface area contributed by atoms with E-state index in [1.165, 1.54) is 6.42 Å². The zero-order valence-corrected chi connectivity index (χ0v) is 13.3. The highest BCUT2D eigenvalue weighted by Gasteiger charge is 2.28. The van der Waals surface area contributed by atoms with Crippen LogP contribution in [-0.4, -0.2) is 37.4 Å². The average molecular weight is 307 g/mol. The van der Waals surface area contributed by atoms with Crippen molar-refractivity contribution in [3.8, 4) is 11.5 Å². The van der Waals surface area contributed by atoms with E-state index in [2.05, 4.69) is 10.3 Å². The smallest absolute Gasteiger partial charge is 0.193 e. The molecule has 0 aliphatic heterocycles. The van der Waals surface area contributed by atoms with Crippen LogP contribution >= 0.6 is 0 Å². The number of rotatable bonds is 5. The lowest BCUT2D eigenvalue weighted by Crippen LogP contribution is -2.36. The predicted molar refractivity (Wildman–Crippen MR) is 87.7 cm³/mol. The first-order valence-corrected chi connectivity index (χ1v) is 7.58. The number of nitrogens with zero attached hydrogens (tertiary/aromatic N) is 1. The standard InChI is InChI=1S/C16H25N3O3/c1-21-13-7-6-12(10-14(13)22-2)19-15(17)18-11-16(20)8-4-3-5-9-16/h6-7,10,20H,3-5,8-9,11H2,1-2H3,(H3,17,18,19). The number of aliphatic imine (C=N–C) groups is 1. The summed E-state index contributed by atoms with van der Waals surface area (Å²) in [5.74, 6) is 1.55. The van der Waals surface area contributed by atoms with Crippen molar-refractivity contribution < 1.29 is 14.6 Å². The van der Waals surface area contributed by atoms with Crippen molar-refractivity contribution in [1.29, 1.82) is 0 Å². The van der Waals surface area contributed by atoms with Gasteiger partial charge in [0.2, 0.25) is 0 Å². The van der Waals surface area contributed by atoms with Gasteiger partial charge in [0, 0.05) is 11.8 Å². The highest BCUT2D eigenvalue weighted by molar-refractivity contribution is 5.92. The normalized spacial score (nSPS) is 17.9.